The minimum atomic E-state index is -4.80. The molecule has 4 N–H and O–H groups in total. The lowest BCUT2D eigenvalue weighted by Crippen LogP contribution is -2.58. The summed E-state index contributed by atoms with van der Waals surface area (Å²) in [7, 11) is 0. The van der Waals surface area contributed by atoms with Crippen molar-refractivity contribution in [2.45, 2.75) is 94.2 Å². The van der Waals surface area contributed by atoms with Gasteiger partial charge in [0.15, 0.2) is 0 Å². The molecule has 6 heterocycles. The van der Waals surface area contributed by atoms with Crippen molar-refractivity contribution in [3.8, 4) is 28.8 Å². The first-order chi connectivity index (χ1) is 39.6. The highest BCUT2D eigenvalue weighted by Crippen LogP contribution is 2.46. The van der Waals surface area contributed by atoms with Gasteiger partial charge in [-0.1, -0.05) is 30.3 Å². The number of hydrogen-bond donors (Lipinski definition) is 4. The largest absolute Gasteiger partial charge is 0.492 e. The second-order valence-electron chi connectivity index (χ2n) is 22.9. The van der Waals surface area contributed by atoms with Gasteiger partial charge in [-0.2, -0.15) is 18.4 Å². The molecule has 82 heavy (non-hydrogen) atoms. The van der Waals surface area contributed by atoms with Crippen LogP contribution in [0.25, 0.3) is 22.2 Å². The molecule has 5 aliphatic heterocycles. The zero-order valence-corrected chi connectivity index (χ0v) is 45.7. The van der Waals surface area contributed by atoms with Gasteiger partial charge in [-0.15, -0.1) is 0 Å². The van der Waals surface area contributed by atoms with E-state index < -0.39 is 42.4 Å². The summed E-state index contributed by atoms with van der Waals surface area (Å²) in [5.74, 6) is -1.84. The molecular weight excluding hydrogens is 1060 g/mol. The lowest BCUT2D eigenvalue weighted by Gasteiger charge is -2.43. The van der Waals surface area contributed by atoms with Gasteiger partial charge in [0.2, 0.25) is 41.0 Å². The molecule has 0 spiro atoms. The number of aromatic amines is 1. The number of piperazine rings is 1. The van der Waals surface area contributed by atoms with Gasteiger partial charge in [-0.25, -0.2) is 0 Å². The first-order valence-electron chi connectivity index (χ1n) is 28.8. The Hall–Kier alpha value is -7.92. The highest BCUT2D eigenvalue weighted by molar-refractivity contribution is 6.02. The summed E-state index contributed by atoms with van der Waals surface area (Å²) in [6.07, 6.45) is -0.538. The Morgan fingerprint density at radius 1 is 0.744 bits per heavy atom. The molecule has 1 saturated carbocycles. The average Bonchev–Trinajstić information content (AvgIpc) is 3.97. The molecule has 0 bridgehead atoms. The molecule has 4 saturated heterocycles. The molecule has 0 radical (unpaired) electrons. The number of hydrogen-bond acceptors (Lipinski definition) is 11. The van der Waals surface area contributed by atoms with Crippen LogP contribution in [0.1, 0.15) is 99.2 Å². The van der Waals surface area contributed by atoms with E-state index in [-0.39, 0.29) is 79.8 Å². The number of halogens is 3. The number of rotatable bonds is 14. The minimum Gasteiger partial charge on any atom is -0.492 e. The fourth-order valence-corrected chi connectivity index (χ4v) is 13.1. The summed E-state index contributed by atoms with van der Waals surface area (Å²) < 4.78 is 57.5. The minimum absolute atomic E-state index is 0.00327. The van der Waals surface area contributed by atoms with Crippen LogP contribution < -0.4 is 30.3 Å². The van der Waals surface area contributed by atoms with E-state index in [1.54, 1.807) is 60.7 Å². The van der Waals surface area contributed by atoms with Gasteiger partial charge in [-0.05, 0) is 123 Å². The molecule has 20 heteroatoms. The molecule has 4 aromatic carbocycles. The standard InChI is InChI=1S/C62H68F3N9O8/c63-62(64,65)61(82-54-10-2-1-8-47(54)53-35-48-43(37-66)6-4-9-51(48)68-53)21-26-73(27-22-61)60(80)50-36-56(76)69-52-17-15-45(34-49(50)52)81-32-23-67-57(77)40-11-13-41(14-12-40)59(79)74-30-28-71(29-31-74)38-39-19-24-72(25-20-39)44-7-3-5-42(33-44)46-16-18-55(75)70-58(46)78/h1-10,15,17,33-35,39-41,46,50,68H,11-14,16,18-32,36,38H2,(H,67,77)(H,69,76)(H,70,75,78). The van der Waals surface area contributed by atoms with Crippen molar-refractivity contribution in [1.29, 1.82) is 5.26 Å². The third-order valence-electron chi connectivity index (χ3n) is 17.8. The molecule has 5 fully saturated rings. The van der Waals surface area contributed by atoms with Gasteiger partial charge < -0.3 is 39.8 Å². The molecule has 1 aromatic heterocycles. The Kier molecular flexibility index (Phi) is 16.3. The second kappa shape index (κ2) is 23.9. The Morgan fingerprint density at radius 2 is 1.48 bits per heavy atom. The third kappa shape index (κ3) is 12.0. The maximum absolute atomic E-state index is 15.2. The van der Waals surface area contributed by atoms with Gasteiger partial charge in [0, 0.05) is 124 Å². The van der Waals surface area contributed by atoms with Gasteiger partial charge in [0.25, 0.3) is 0 Å². The first kappa shape index (κ1) is 56.0. The molecule has 1 aliphatic carbocycles. The molecule has 2 unspecified atom stereocenters. The number of para-hydroxylation sites is 1. The summed E-state index contributed by atoms with van der Waals surface area (Å²) in [6.45, 7) is 5.73. The molecule has 6 amide bonds. The van der Waals surface area contributed by atoms with Crippen LogP contribution in [0.2, 0.25) is 0 Å². The SMILES string of the molecule is N#Cc1cccc2[nH]c(-c3ccccc3OC3(C(F)(F)F)CCN(C(=O)C4CC(=O)Nc5ccc(OCCNC(=O)C6CCC(C(=O)N7CCN(CC8CCN(c9cccc(C%10CCC(=O)NC%10=O)c9)CC8)CC7)CC6)cc54)CC3)cc12. The predicted octanol–water partition coefficient (Wildman–Crippen LogP) is 8.02. The van der Waals surface area contributed by atoms with E-state index in [0.717, 1.165) is 56.8 Å². The van der Waals surface area contributed by atoms with E-state index in [0.29, 0.717) is 102 Å². The maximum Gasteiger partial charge on any atom is 0.428 e. The van der Waals surface area contributed by atoms with Crippen molar-refractivity contribution in [2.24, 2.45) is 17.8 Å². The lowest BCUT2D eigenvalue weighted by atomic mass is 9.81. The van der Waals surface area contributed by atoms with E-state index in [9.17, 15) is 34.0 Å². The molecule has 2 atom stereocenters. The monoisotopic (exact) mass is 1120 g/mol. The van der Waals surface area contributed by atoms with Gasteiger partial charge in [0.1, 0.15) is 18.1 Å². The van der Waals surface area contributed by atoms with E-state index >= 15 is 13.2 Å². The summed E-state index contributed by atoms with van der Waals surface area (Å²) in [5.41, 5.74) is 2.30. The number of amides is 6. The Morgan fingerprint density at radius 3 is 2.22 bits per heavy atom. The molecular formula is C62H68F3N9O8. The van der Waals surface area contributed by atoms with Gasteiger partial charge >= 0.3 is 6.18 Å². The number of H-pyrrole nitrogens is 1. The van der Waals surface area contributed by atoms with Crippen LogP contribution in [0.4, 0.5) is 24.5 Å². The molecule has 17 nitrogen and oxygen atoms in total. The number of benzene rings is 4. The van der Waals surface area contributed by atoms with Crippen molar-refractivity contribution >= 4 is 57.7 Å². The number of likely N-dealkylation sites (tertiary alicyclic amines) is 1. The summed E-state index contributed by atoms with van der Waals surface area (Å²) >= 11 is 0. The zero-order valence-electron chi connectivity index (χ0n) is 45.7. The predicted molar refractivity (Wildman–Crippen MR) is 300 cm³/mol. The highest BCUT2D eigenvalue weighted by Gasteiger charge is 2.59. The van der Waals surface area contributed by atoms with Crippen LogP contribution in [0.15, 0.2) is 91.0 Å². The van der Waals surface area contributed by atoms with Crippen molar-refractivity contribution in [1.82, 2.24) is 30.3 Å². The summed E-state index contributed by atoms with van der Waals surface area (Å²) in [6, 6.07) is 28.6. The number of imide groups is 1. The number of anilines is 2. The molecule has 11 rings (SSSR count). The number of nitriles is 1. The highest BCUT2D eigenvalue weighted by atomic mass is 19.4. The lowest BCUT2D eigenvalue weighted by molar-refractivity contribution is -0.260. The number of alkyl halides is 3. The Balaban J connectivity index is 0.607. The smallest absolute Gasteiger partial charge is 0.428 e. The van der Waals surface area contributed by atoms with Crippen LogP contribution in [-0.4, -0.2) is 139 Å². The van der Waals surface area contributed by atoms with Gasteiger partial charge in [0.05, 0.1) is 35.7 Å². The average molecular weight is 1120 g/mol. The van der Waals surface area contributed by atoms with Gasteiger partial charge in [-0.3, -0.25) is 39.0 Å². The number of nitrogens with zero attached hydrogens (tertiary/aromatic N) is 5. The number of aromatic nitrogens is 1. The fraction of sp³-hybridized carbons (Fsp3) is 0.468. The Labute approximate surface area is 473 Å². The molecule has 6 aliphatic rings. The summed E-state index contributed by atoms with van der Waals surface area (Å²) in [4.78, 5) is 89.7. The van der Waals surface area contributed by atoms with Crippen molar-refractivity contribution in [3.63, 3.8) is 0 Å². The van der Waals surface area contributed by atoms with E-state index in [4.69, 9.17) is 9.47 Å². The first-order valence-corrected chi connectivity index (χ1v) is 28.8. The van der Waals surface area contributed by atoms with E-state index in [2.05, 4.69) is 48.9 Å². The van der Waals surface area contributed by atoms with E-state index in [1.807, 2.05) is 17.0 Å². The number of piperidine rings is 3. The topological polar surface area (TPSA) is 210 Å². The molecule has 430 valence electrons. The number of carbonyl (C=O) groups is 6. The second-order valence-corrected chi connectivity index (χ2v) is 22.9. The maximum atomic E-state index is 15.2. The Bertz CT molecular complexity index is 3270. The van der Waals surface area contributed by atoms with E-state index in [1.165, 1.54) is 11.0 Å². The number of ether oxygens (including phenoxy) is 2. The number of carbonyl (C=O) groups excluding carboxylic acids is 6. The van der Waals surface area contributed by atoms with Crippen LogP contribution in [0.5, 0.6) is 11.5 Å². The normalized spacial score (nSPS) is 22.6. The fourth-order valence-electron chi connectivity index (χ4n) is 13.1. The third-order valence-corrected chi connectivity index (χ3v) is 17.8. The van der Waals surface area contributed by atoms with Crippen molar-refractivity contribution in [3.05, 3.63) is 108 Å². The quantitative estimate of drug-likeness (QED) is 0.0618. The van der Waals surface area contributed by atoms with Crippen LogP contribution in [-0.2, 0) is 28.8 Å². The zero-order chi connectivity index (χ0) is 57.1. The number of nitrogens with one attached hydrogen (secondary N) is 4. The van der Waals surface area contributed by atoms with Crippen LogP contribution in [0, 0.1) is 29.1 Å². The summed E-state index contributed by atoms with van der Waals surface area (Å²) in [5, 5.41) is 18.5. The van der Waals surface area contributed by atoms with Crippen LogP contribution in [0.3, 0.4) is 0 Å². The van der Waals surface area contributed by atoms with Crippen molar-refractivity contribution in [2.75, 3.05) is 82.3 Å². The number of fused-ring (bicyclic) bond motifs is 2. The molecule has 5 aromatic rings. The van der Waals surface area contributed by atoms with Crippen LogP contribution >= 0.6 is 0 Å². The van der Waals surface area contributed by atoms with Crippen molar-refractivity contribution < 1.29 is 51.4 Å².